The molecule has 0 fully saturated rings. The third-order valence-electron chi connectivity index (χ3n) is 2.37. The van der Waals surface area contributed by atoms with Crippen LogP contribution in [0.2, 0.25) is 5.15 Å². The van der Waals surface area contributed by atoms with Gasteiger partial charge in [0.2, 0.25) is 0 Å². The van der Waals surface area contributed by atoms with E-state index in [-0.39, 0.29) is 5.92 Å². The van der Waals surface area contributed by atoms with Gasteiger partial charge in [-0.2, -0.15) is 0 Å². The molecule has 102 valence electrons. The topological polar surface area (TPSA) is 67.3 Å². The largest absolute Gasteiger partial charge is 0.391 e. The highest BCUT2D eigenvalue weighted by atomic mass is 35.5. The predicted octanol–water partition coefficient (Wildman–Crippen LogP) is 2.06. The Labute approximate surface area is 113 Å². The van der Waals surface area contributed by atoms with E-state index < -0.39 is 6.10 Å². The van der Waals surface area contributed by atoms with Crippen molar-refractivity contribution in [2.75, 3.05) is 25.6 Å². The Morgan fingerprint density at radius 1 is 1.44 bits per heavy atom. The number of nitrogens with one attached hydrogen (secondary N) is 1. The number of anilines is 1. The zero-order chi connectivity index (χ0) is 13.5. The van der Waals surface area contributed by atoms with Gasteiger partial charge in [-0.3, -0.25) is 0 Å². The monoisotopic (exact) mass is 273 g/mol. The average Bonchev–Trinajstić information content (AvgIpc) is 2.28. The highest BCUT2D eigenvalue weighted by Crippen LogP contribution is 2.16. The molecule has 0 bridgehead atoms. The fourth-order valence-corrected chi connectivity index (χ4v) is 1.62. The maximum atomic E-state index is 9.50. The summed E-state index contributed by atoms with van der Waals surface area (Å²) in [6.45, 7) is 4.97. The van der Waals surface area contributed by atoms with Crippen LogP contribution in [0.4, 0.5) is 5.82 Å². The molecule has 0 aliphatic heterocycles. The Kier molecular flexibility index (Phi) is 6.32. The van der Waals surface area contributed by atoms with E-state index in [1.54, 1.807) is 13.2 Å². The number of ether oxygens (including phenoxy) is 1. The SMILES string of the molecule is COCC(O)CCNc1cc(Cl)nc(C(C)C)n1. The molecule has 1 aromatic heterocycles. The van der Waals surface area contributed by atoms with E-state index in [9.17, 15) is 5.11 Å². The van der Waals surface area contributed by atoms with Gasteiger partial charge in [-0.05, 0) is 6.42 Å². The van der Waals surface area contributed by atoms with Crippen LogP contribution in [0.15, 0.2) is 6.07 Å². The quantitative estimate of drug-likeness (QED) is 0.745. The minimum Gasteiger partial charge on any atom is -0.391 e. The molecule has 1 aromatic rings. The molecule has 1 rings (SSSR count). The second-order valence-electron chi connectivity index (χ2n) is 4.41. The van der Waals surface area contributed by atoms with Crippen LogP contribution in [0.3, 0.4) is 0 Å². The first-order valence-electron chi connectivity index (χ1n) is 5.98. The number of rotatable bonds is 7. The third-order valence-corrected chi connectivity index (χ3v) is 2.56. The van der Waals surface area contributed by atoms with E-state index in [1.165, 1.54) is 0 Å². The van der Waals surface area contributed by atoms with Gasteiger partial charge in [0.1, 0.15) is 16.8 Å². The van der Waals surface area contributed by atoms with Crippen LogP contribution in [0.1, 0.15) is 32.0 Å². The summed E-state index contributed by atoms with van der Waals surface area (Å²) in [5.74, 6) is 1.62. The lowest BCUT2D eigenvalue weighted by Gasteiger charge is -2.12. The van der Waals surface area contributed by atoms with Gasteiger partial charge in [-0.1, -0.05) is 25.4 Å². The normalized spacial score (nSPS) is 12.8. The van der Waals surface area contributed by atoms with Crippen molar-refractivity contribution in [3.63, 3.8) is 0 Å². The second kappa shape index (κ2) is 7.51. The van der Waals surface area contributed by atoms with Crippen LogP contribution in [-0.4, -0.2) is 41.4 Å². The Hall–Kier alpha value is -0.910. The van der Waals surface area contributed by atoms with Gasteiger partial charge in [0, 0.05) is 25.6 Å². The van der Waals surface area contributed by atoms with Crippen molar-refractivity contribution in [3.8, 4) is 0 Å². The number of hydrogen-bond acceptors (Lipinski definition) is 5. The number of methoxy groups -OCH3 is 1. The first-order valence-corrected chi connectivity index (χ1v) is 6.36. The number of aliphatic hydroxyl groups is 1. The number of nitrogens with zero attached hydrogens (tertiary/aromatic N) is 2. The molecule has 0 amide bonds. The first-order chi connectivity index (χ1) is 8.52. The van der Waals surface area contributed by atoms with Crippen LogP contribution in [0.5, 0.6) is 0 Å². The molecule has 1 heterocycles. The molecule has 5 nitrogen and oxygen atoms in total. The van der Waals surface area contributed by atoms with Crippen molar-refractivity contribution in [2.24, 2.45) is 0 Å². The maximum absolute atomic E-state index is 9.50. The summed E-state index contributed by atoms with van der Waals surface area (Å²) in [5.41, 5.74) is 0. The molecule has 0 saturated carbocycles. The van der Waals surface area contributed by atoms with Crippen LogP contribution >= 0.6 is 11.6 Å². The van der Waals surface area contributed by atoms with Gasteiger partial charge < -0.3 is 15.2 Å². The molecule has 0 spiro atoms. The van der Waals surface area contributed by atoms with Gasteiger partial charge in [-0.25, -0.2) is 9.97 Å². The second-order valence-corrected chi connectivity index (χ2v) is 4.80. The lowest BCUT2D eigenvalue weighted by Crippen LogP contribution is -2.18. The van der Waals surface area contributed by atoms with Crippen LogP contribution in [0.25, 0.3) is 0 Å². The van der Waals surface area contributed by atoms with E-state index in [0.717, 1.165) is 0 Å². The summed E-state index contributed by atoms with van der Waals surface area (Å²) >= 11 is 5.92. The average molecular weight is 274 g/mol. The van der Waals surface area contributed by atoms with Gasteiger partial charge in [0.05, 0.1) is 12.7 Å². The highest BCUT2D eigenvalue weighted by molar-refractivity contribution is 6.29. The standard InChI is InChI=1S/C12H20ClN3O2/c1-8(2)12-15-10(13)6-11(16-12)14-5-4-9(17)7-18-3/h6,8-9,17H,4-5,7H2,1-3H3,(H,14,15,16). The molecule has 0 aliphatic rings. The first kappa shape index (κ1) is 15.1. The van der Waals surface area contributed by atoms with Crippen molar-refractivity contribution in [1.82, 2.24) is 9.97 Å². The smallest absolute Gasteiger partial charge is 0.135 e. The van der Waals surface area contributed by atoms with Crippen molar-refractivity contribution in [3.05, 3.63) is 17.0 Å². The van der Waals surface area contributed by atoms with E-state index >= 15 is 0 Å². The molecule has 0 radical (unpaired) electrons. The summed E-state index contributed by atoms with van der Waals surface area (Å²) in [6, 6.07) is 1.68. The molecular formula is C12H20ClN3O2. The Balaban J connectivity index is 2.51. The number of aliphatic hydroxyl groups excluding tert-OH is 1. The molecule has 0 aliphatic carbocycles. The van der Waals surface area contributed by atoms with E-state index in [4.69, 9.17) is 16.3 Å². The van der Waals surface area contributed by atoms with Crippen molar-refractivity contribution in [1.29, 1.82) is 0 Å². The van der Waals surface area contributed by atoms with Crippen LogP contribution < -0.4 is 5.32 Å². The lowest BCUT2D eigenvalue weighted by atomic mass is 10.2. The van der Waals surface area contributed by atoms with Crippen LogP contribution in [0, 0.1) is 0 Å². The molecule has 2 N–H and O–H groups in total. The zero-order valence-corrected chi connectivity index (χ0v) is 11.7. The predicted molar refractivity (Wildman–Crippen MR) is 72.1 cm³/mol. The van der Waals surface area contributed by atoms with Gasteiger partial charge in [0.15, 0.2) is 0 Å². The highest BCUT2D eigenvalue weighted by Gasteiger charge is 2.07. The Bertz CT molecular complexity index is 374. The molecule has 18 heavy (non-hydrogen) atoms. The summed E-state index contributed by atoms with van der Waals surface area (Å²) in [5, 5.41) is 13.0. The Morgan fingerprint density at radius 2 is 2.17 bits per heavy atom. The van der Waals surface area contributed by atoms with Crippen molar-refractivity contribution in [2.45, 2.75) is 32.3 Å². The molecule has 0 saturated heterocycles. The summed E-state index contributed by atoms with van der Waals surface area (Å²) < 4.78 is 4.85. The summed E-state index contributed by atoms with van der Waals surface area (Å²) in [7, 11) is 1.57. The van der Waals surface area contributed by atoms with E-state index in [1.807, 2.05) is 13.8 Å². The van der Waals surface area contributed by atoms with E-state index in [0.29, 0.717) is 36.4 Å². The number of halogens is 1. The molecule has 1 atom stereocenters. The fraction of sp³-hybridized carbons (Fsp3) is 0.667. The van der Waals surface area contributed by atoms with E-state index in [2.05, 4.69) is 15.3 Å². The number of aromatic nitrogens is 2. The van der Waals surface area contributed by atoms with Crippen LogP contribution in [-0.2, 0) is 4.74 Å². The van der Waals surface area contributed by atoms with Gasteiger partial charge in [0.25, 0.3) is 0 Å². The van der Waals surface area contributed by atoms with Crippen molar-refractivity contribution >= 4 is 17.4 Å². The minimum absolute atomic E-state index is 0.225. The minimum atomic E-state index is -0.468. The molecule has 0 aromatic carbocycles. The van der Waals surface area contributed by atoms with Gasteiger partial charge in [-0.15, -0.1) is 0 Å². The van der Waals surface area contributed by atoms with Gasteiger partial charge >= 0.3 is 0 Å². The summed E-state index contributed by atoms with van der Waals surface area (Å²) in [6.07, 6.45) is 0.122. The summed E-state index contributed by atoms with van der Waals surface area (Å²) in [4.78, 5) is 8.51. The molecule has 1 unspecified atom stereocenters. The molecular weight excluding hydrogens is 254 g/mol. The number of hydrogen-bond donors (Lipinski definition) is 2. The Morgan fingerprint density at radius 3 is 2.78 bits per heavy atom. The lowest BCUT2D eigenvalue weighted by molar-refractivity contribution is 0.0615. The maximum Gasteiger partial charge on any atom is 0.135 e. The zero-order valence-electron chi connectivity index (χ0n) is 11.0. The van der Waals surface area contributed by atoms with Crippen molar-refractivity contribution < 1.29 is 9.84 Å². The molecule has 6 heteroatoms. The third kappa shape index (κ3) is 5.16. The fourth-order valence-electron chi connectivity index (χ4n) is 1.43.